The van der Waals surface area contributed by atoms with E-state index in [1.807, 2.05) is 37.3 Å². The van der Waals surface area contributed by atoms with Crippen molar-refractivity contribution in [1.29, 1.82) is 0 Å². The largest absolute Gasteiger partial charge is 0.471 e. The first-order chi connectivity index (χ1) is 13.8. The van der Waals surface area contributed by atoms with Gasteiger partial charge in [0.1, 0.15) is 0 Å². The zero-order valence-corrected chi connectivity index (χ0v) is 16.8. The number of carbonyl (C=O) groups is 1. The number of carbonyl (C=O) groups excluding carboxylic acids is 1. The Balaban J connectivity index is 1.51. The third-order valence-electron chi connectivity index (χ3n) is 7.02. The lowest BCUT2D eigenvalue weighted by Gasteiger charge is -2.54. The topological polar surface area (TPSA) is 32.3 Å². The summed E-state index contributed by atoms with van der Waals surface area (Å²) < 4.78 is 40.1. The molecule has 1 N–H and O–H groups in total. The predicted molar refractivity (Wildman–Crippen MR) is 107 cm³/mol. The molecule has 1 amide bonds. The van der Waals surface area contributed by atoms with E-state index < -0.39 is 12.1 Å². The van der Waals surface area contributed by atoms with Crippen molar-refractivity contribution in [2.24, 2.45) is 11.3 Å². The normalized spacial score (nSPS) is 26.8. The Labute approximate surface area is 170 Å². The van der Waals surface area contributed by atoms with E-state index in [0.29, 0.717) is 19.3 Å². The summed E-state index contributed by atoms with van der Waals surface area (Å²) in [5.41, 5.74) is 2.33. The molecule has 0 aromatic heterocycles. The molecule has 2 unspecified atom stereocenters. The van der Waals surface area contributed by atoms with Crippen LogP contribution in [0.1, 0.15) is 51.0 Å². The van der Waals surface area contributed by atoms with Crippen LogP contribution in [0.5, 0.6) is 0 Å². The second-order valence-corrected chi connectivity index (χ2v) is 8.92. The molecule has 1 aromatic carbocycles. The minimum absolute atomic E-state index is 0.0380. The van der Waals surface area contributed by atoms with Gasteiger partial charge in [0.15, 0.2) is 0 Å². The molecule has 3 aliphatic rings. The van der Waals surface area contributed by atoms with Crippen LogP contribution in [0.3, 0.4) is 0 Å². The molecule has 1 aromatic rings. The van der Waals surface area contributed by atoms with E-state index in [4.69, 9.17) is 0 Å². The number of nitrogens with zero attached hydrogens (tertiary/aromatic N) is 1. The van der Waals surface area contributed by atoms with Crippen LogP contribution in [0.15, 0.2) is 35.9 Å². The van der Waals surface area contributed by atoms with Gasteiger partial charge < -0.3 is 10.2 Å². The van der Waals surface area contributed by atoms with E-state index in [0.717, 1.165) is 43.5 Å². The first-order valence-electron chi connectivity index (χ1n) is 10.7. The molecule has 6 heteroatoms. The average molecular weight is 406 g/mol. The molecule has 1 aliphatic heterocycles. The number of piperidine rings is 1. The third kappa shape index (κ3) is 4.23. The van der Waals surface area contributed by atoms with Crippen LogP contribution in [0.25, 0.3) is 6.08 Å². The number of hydrogen-bond acceptors (Lipinski definition) is 2. The average Bonchev–Trinajstić information content (AvgIpc) is 3.46. The summed E-state index contributed by atoms with van der Waals surface area (Å²) in [6.45, 7) is 3.88. The summed E-state index contributed by atoms with van der Waals surface area (Å²) in [6.07, 6.45) is 2.12. The third-order valence-corrected chi connectivity index (χ3v) is 7.02. The van der Waals surface area contributed by atoms with Crippen molar-refractivity contribution >= 4 is 12.0 Å². The zero-order valence-electron chi connectivity index (χ0n) is 16.8. The Morgan fingerprint density at radius 2 is 1.86 bits per heavy atom. The highest BCUT2D eigenvalue weighted by Crippen LogP contribution is 2.54. The molecular formula is C23H29F3N2O. The highest BCUT2D eigenvalue weighted by Gasteiger charge is 2.58. The SMILES string of the molecule is CC/C(=C\c1ccccc1)C1CC1N(C(=O)C(F)(F)F)C1CC2(CCNCC2)C1. The van der Waals surface area contributed by atoms with E-state index in [2.05, 4.69) is 11.4 Å². The molecule has 1 spiro atoms. The Hall–Kier alpha value is -1.82. The summed E-state index contributed by atoms with van der Waals surface area (Å²) in [5, 5.41) is 3.32. The van der Waals surface area contributed by atoms with Crippen molar-refractivity contribution in [3.63, 3.8) is 0 Å². The van der Waals surface area contributed by atoms with Gasteiger partial charge in [-0.3, -0.25) is 4.79 Å². The molecule has 1 heterocycles. The fraction of sp³-hybridized carbons (Fsp3) is 0.609. The number of rotatable bonds is 5. The maximum Gasteiger partial charge on any atom is 0.471 e. The summed E-state index contributed by atoms with van der Waals surface area (Å²) in [7, 11) is 0. The van der Waals surface area contributed by atoms with Gasteiger partial charge in [-0.1, -0.05) is 48.9 Å². The molecule has 4 rings (SSSR count). The molecule has 0 radical (unpaired) electrons. The van der Waals surface area contributed by atoms with Crippen LogP contribution in [-0.4, -0.2) is 42.2 Å². The van der Waals surface area contributed by atoms with Gasteiger partial charge in [-0.15, -0.1) is 0 Å². The number of amides is 1. The molecular weight excluding hydrogens is 377 g/mol. The second kappa shape index (κ2) is 7.78. The predicted octanol–water partition coefficient (Wildman–Crippen LogP) is 4.79. The van der Waals surface area contributed by atoms with Gasteiger partial charge >= 0.3 is 12.1 Å². The monoisotopic (exact) mass is 406 g/mol. The maximum atomic E-state index is 13.4. The highest BCUT2D eigenvalue weighted by molar-refractivity contribution is 5.83. The molecule has 1 saturated heterocycles. The van der Waals surface area contributed by atoms with E-state index in [9.17, 15) is 18.0 Å². The van der Waals surface area contributed by atoms with E-state index in [1.165, 1.54) is 4.90 Å². The lowest BCUT2D eigenvalue weighted by atomic mass is 9.60. The second-order valence-electron chi connectivity index (χ2n) is 8.92. The number of halogens is 3. The molecule has 3 nitrogen and oxygen atoms in total. The van der Waals surface area contributed by atoms with Crippen molar-refractivity contribution in [3.05, 3.63) is 41.5 Å². The lowest BCUT2D eigenvalue weighted by Crippen LogP contribution is -2.59. The van der Waals surface area contributed by atoms with Crippen molar-refractivity contribution in [3.8, 4) is 0 Å². The Kier molecular flexibility index (Phi) is 5.49. The van der Waals surface area contributed by atoms with Crippen molar-refractivity contribution in [2.45, 2.75) is 63.7 Å². The standard InChI is InChI=1S/C23H29F3N2O/c1-2-17(12-16-6-4-3-5-7-16)19-13-20(19)28(21(29)23(24,25)26)18-14-22(15-18)8-10-27-11-9-22/h3-7,12,18-20,27H,2,8-11,13-15H2,1H3/b17-12+. The van der Waals surface area contributed by atoms with E-state index in [1.54, 1.807) is 0 Å². The number of alkyl halides is 3. The highest BCUT2D eigenvalue weighted by atomic mass is 19.4. The number of hydrogen-bond donors (Lipinski definition) is 1. The lowest BCUT2D eigenvalue weighted by molar-refractivity contribution is -0.193. The van der Waals surface area contributed by atoms with Crippen LogP contribution in [0.2, 0.25) is 0 Å². The number of benzene rings is 1. The van der Waals surface area contributed by atoms with Crippen LogP contribution in [0, 0.1) is 11.3 Å². The van der Waals surface area contributed by atoms with Gasteiger partial charge in [-0.2, -0.15) is 13.2 Å². The van der Waals surface area contributed by atoms with Crippen LogP contribution < -0.4 is 5.32 Å². The molecule has 3 fully saturated rings. The summed E-state index contributed by atoms with van der Waals surface area (Å²) in [5.74, 6) is -1.61. The van der Waals surface area contributed by atoms with Gasteiger partial charge in [0.25, 0.3) is 0 Å². The smallest absolute Gasteiger partial charge is 0.328 e. The van der Waals surface area contributed by atoms with Crippen molar-refractivity contribution in [2.75, 3.05) is 13.1 Å². The zero-order chi connectivity index (χ0) is 20.6. The molecule has 29 heavy (non-hydrogen) atoms. The fourth-order valence-electron chi connectivity index (χ4n) is 5.36. The first kappa shape index (κ1) is 20.5. The Morgan fingerprint density at radius 3 is 2.45 bits per heavy atom. The van der Waals surface area contributed by atoms with Crippen LogP contribution in [0.4, 0.5) is 13.2 Å². The summed E-state index contributed by atoms with van der Waals surface area (Å²) in [4.78, 5) is 13.6. The van der Waals surface area contributed by atoms with Crippen molar-refractivity contribution in [1.82, 2.24) is 10.2 Å². The van der Waals surface area contributed by atoms with Gasteiger partial charge in [0, 0.05) is 18.0 Å². The maximum absolute atomic E-state index is 13.4. The van der Waals surface area contributed by atoms with E-state index >= 15 is 0 Å². The van der Waals surface area contributed by atoms with Crippen LogP contribution >= 0.6 is 0 Å². The molecule has 158 valence electrons. The van der Waals surface area contributed by atoms with Gasteiger partial charge in [0.2, 0.25) is 0 Å². The molecule has 2 atom stereocenters. The van der Waals surface area contributed by atoms with Gasteiger partial charge in [-0.05, 0) is 62.6 Å². The molecule has 2 saturated carbocycles. The summed E-state index contributed by atoms with van der Waals surface area (Å²) in [6, 6.07) is 9.26. The fourth-order valence-corrected chi connectivity index (χ4v) is 5.36. The van der Waals surface area contributed by atoms with E-state index in [-0.39, 0.29) is 23.4 Å². The Morgan fingerprint density at radius 1 is 1.21 bits per heavy atom. The summed E-state index contributed by atoms with van der Waals surface area (Å²) >= 11 is 0. The minimum Gasteiger partial charge on any atom is -0.328 e. The first-order valence-corrected chi connectivity index (χ1v) is 10.7. The van der Waals surface area contributed by atoms with Gasteiger partial charge in [0.05, 0.1) is 0 Å². The quantitative estimate of drug-likeness (QED) is 0.762. The molecule has 0 bridgehead atoms. The molecule has 2 aliphatic carbocycles. The Bertz CT molecular complexity index is 760. The van der Waals surface area contributed by atoms with Gasteiger partial charge in [-0.25, -0.2) is 0 Å². The van der Waals surface area contributed by atoms with Crippen LogP contribution in [-0.2, 0) is 4.79 Å². The number of nitrogens with one attached hydrogen (secondary N) is 1. The van der Waals surface area contributed by atoms with Crippen molar-refractivity contribution < 1.29 is 18.0 Å². The minimum atomic E-state index is -4.81.